The van der Waals surface area contributed by atoms with E-state index in [1.54, 1.807) is 13.1 Å². The third-order valence-corrected chi connectivity index (χ3v) is 3.67. The van der Waals surface area contributed by atoms with Crippen molar-refractivity contribution in [2.75, 3.05) is 12.0 Å². The number of nitrogen functional groups attached to an aromatic ring is 1. The Kier molecular flexibility index (Phi) is 2.86. The van der Waals surface area contributed by atoms with Gasteiger partial charge in [0.1, 0.15) is 16.5 Å². The molecule has 2 N–H and O–H groups in total. The maximum Gasteiger partial charge on any atom is 0.178 e. The van der Waals surface area contributed by atoms with E-state index in [9.17, 15) is 12.8 Å². The van der Waals surface area contributed by atoms with Crippen molar-refractivity contribution in [3.8, 4) is 11.3 Å². The van der Waals surface area contributed by atoms with Gasteiger partial charge in [-0.25, -0.2) is 12.8 Å². The highest BCUT2D eigenvalue weighted by Gasteiger charge is 2.15. The van der Waals surface area contributed by atoms with Crippen molar-refractivity contribution < 1.29 is 12.8 Å². The number of aryl methyl sites for hydroxylation is 1. The molecule has 5 nitrogen and oxygen atoms in total. The van der Waals surface area contributed by atoms with Crippen LogP contribution in [-0.2, 0) is 16.9 Å². The molecule has 2 aromatic rings. The van der Waals surface area contributed by atoms with Gasteiger partial charge in [0.25, 0.3) is 0 Å². The standard InChI is InChI=1S/C11H12FN3O2S/c1-15-11(13)6-9(14-15)7-3-4-10(8(12)5-7)18(2,16)17/h3-6H,13H2,1-2H3. The number of sulfone groups is 1. The van der Waals surface area contributed by atoms with Crippen LogP contribution in [0.25, 0.3) is 11.3 Å². The van der Waals surface area contributed by atoms with E-state index < -0.39 is 15.7 Å². The summed E-state index contributed by atoms with van der Waals surface area (Å²) in [5.41, 5.74) is 6.60. The third kappa shape index (κ3) is 2.21. The molecule has 0 radical (unpaired) electrons. The monoisotopic (exact) mass is 269 g/mol. The molecule has 0 spiro atoms. The van der Waals surface area contributed by atoms with Crippen molar-refractivity contribution in [2.24, 2.45) is 7.05 Å². The van der Waals surface area contributed by atoms with Crippen LogP contribution in [0.1, 0.15) is 0 Å². The van der Waals surface area contributed by atoms with E-state index in [-0.39, 0.29) is 4.90 Å². The molecule has 18 heavy (non-hydrogen) atoms. The fourth-order valence-electron chi connectivity index (χ4n) is 1.58. The second-order valence-electron chi connectivity index (χ2n) is 4.00. The predicted octanol–water partition coefficient (Wildman–Crippen LogP) is 1.21. The Morgan fingerprint density at radius 3 is 2.44 bits per heavy atom. The fourth-order valence-corrected chi connectivity index (χ4v) is 2.31. The zero-order valence-electron chi connectivity index (χ0n) is 9.88. The van der Waals surface area contributed by atoms with Crippen LogP contribution in [0.4, 0.5) is 10.2 Å². The first-order valence-corrected chi connectivity index (χ1v) is 6.97. The summed E-state index contributed by atoms with van der Waals surface area (Å²) < 4.78 is 37.7. The number of halogens is 1. The maximum atomic E-state index is 13.7. The van der Waals surface area contributed by atoms with Crippen LogP contribution in [0, 0.1) is 5.82 Å². The third-order valence-electron chi connectivity index (χ3n) is 2.54. The van der Waals surface area contributed by atoms with Gasteiger partial charge in [-0.05, 0) is 12.1 Å². The van der Waals surface area contributed by atoms with Crippen LogP contribution in [0.2, 0.25) is 0 Å². The summed E-state index contributed by atoms with van der Waals surface area (Å²) in [4.78, 5) is -0.324. The molecule has 0 saturated heterocycles. The van der Waals surface area contributed by atoms with Gasteiger partial charge in [-0.3, -0.25) is 4.68 Å². The topological polar surface area (TPSA) is 78.0 Å². The van der Waals surface area contributed by atoms with Crippen molar-refractivity contribution in [3.05, 3.63) is 30.1 Å². The average Bonchev–Trinajstić information content (AvgIpc) is 2.57. The van der Waals surface area contributed by atoms with E-state index in [1.807, 2.05) is 0 Å². The molecule has 0 fully saturated rings. The number of hydrogen-bond donors (Lipinski definition) is 1. The number of benzene rings is 1. The van der Waals surface area contributed by atoms with Crippen LogP contribution in [0.15, 0.2) is 29.2 Å². The van der Waals surface area contributed by atoms with Gasteiger partial charge in [0, 0.05) is 24.9 Å². The lowest BCUT2D eigenvalue weighted by Gasteiger charge is -2.02. The molecule has 0 unspecified atom stereocenters. The molecular formula is C11H12FN3O2S. The van der Waals surface area contributed by atoms with E-state index in [2.05, 4.69) is 5.10 Å². The van der Waals surface area contributed by atoms with Gasteiger partial charge >= 0.3 is 0 Å². The Morgan fingerprint density at radius 1 is 1.33 bits per heavy atom. The van der Waals surface area contributed by atoms with Gasteiger partial charge in [-0.15, -0.1) is 0 Å². The van der Waals surface area contributed by atoms with Gasteiger partial charge in [0.15, 0.2) is 9.84 Å². The molecule has 96 valence electrons. The first-order valence-electron chi connectivity index (χ1n) is 5.08. The number of anilines is 1. The van der Waals surface area contributed by atoms with Gasteiger partial charge < -0.3 is 5.73 Å². The number of aromatic nitrogens is 2. The SMILES string of the molecule is Cn1nc(-c2ccc(S(C)(=O)=O)c(F)c2)cc1N. The van der Waals surface area contributed by atoms with Gasteiger partial charge in [0.2, 0.25) is 0 Å². The highest BCUT2D eigenvalue weighted by molar-refractivity contribution is 7.90. The second kappa shape index (κ2) is 4.09. The van der Waals surface area contributed by atoms with Crippen LogP contribution in [0.5, 0.6) is 0 Å². The van der Waals surface area contributed by atoms with Crippen LogP contribution in [-0.4, -0.2) is 24.5 Å². The minimum absolute atomic E-state index is 0.324. The van der Waals surface area contributed by atoms with Crippen LogP contribution < -0.4 is 5.73 Å². The summed E-state index contributed by atoms with van der Waals surface area (Å²) in [5, 5.41) is 4.09. The summed E-state index contributed by atoms with van der Waals surface area (Å²) in [7, 11) is -1.89. The molecule has 1 aromatic heterocycles. The molecule has 0 atom stereocenters. The Hall–Kier alpha value is -1.89. The first-order chi connectivity index (χ1) is 8.29. The smallest absolute Gasteiger partial charge is 0.178 e. The second-order valence-corrected chi connectivity index (χ2v) is 5.98. The molecule has 1 heterocycles. The summed E-state index contributed by atoms with van der Waals surface area (Å²) in [6.07, 6.45) is 0.962. The van der Waals surface area contributed by atoms with E-state index >= 15 is 0 Å². The van der Waals surface area contributed by atoms with Crippen molar-refractivity contribution in [1.29, 1.82) is 0 Å². The summed E-state index contributed by atoms with van der Waals surface area (Å²) >= 11 is 0. The normalized spacial score (nSPS) is 11.7. The van der Waals surface area contributed by atoms with Crippen molar-refractivity contribution in [2.45, 2.75) is 4.90 Å². The molecule has 0 aliphatic carbocycles. The highest BCUT2D eigenvalue weighted by atomic mass is 32.2. The molecule has 2 rings (SSSR count). The van der Waals surface area contributed by atoms with Crippen molar-refractivity contribution in [1.82, 2.24) is 9.78 Å². The van der Waals surface area contributed by atoms with E-state index in [4.69, 9.17) is 5.73 Å². The quantitative estimate of drug-likeness (QED) is 0.889. The zero-order chi connectivity index (χ0) is 13.5. The van der Waals surface area contributed by atoms with Crippen molar-refractivity contribution in [3.63, 3.8) is 0 Å². The van der Waals surface area contributed by atoms with Crippen LogP contribution in [0.3, 0.4) is 0 Å². The highest BCUT2D eigenvalue weighted by Crippen LogP contribution is 2.24. The molecule has 7 heteroatoms. The van der Waals surface area contributed by atoms with Gasteiger partial charge in [-0.2, -0.15) is 5.10 Å². The Bertz CT molecular complexity index is 688. The Morgan fingerprint density at radius 2 is 2.00 bits per heavy atom. The number of nitrogens with zero attached hydrogens (tertiary/aromatic N) is 2. The minimum atomic E-state index is -3.56. The molecule has 0 aliphatic heterocycles. The number of rotatable bonds is 2. The maximum absolute atomic E-state index is 13.7. The van der Waals surface area contributed by atoms with Gasteiger partial charge in [-0.1, -0.05) is 6.07 Å². The molecule has 0 amide bonds. The first kappa shape index (κ1) is 12.6. The molecule has 0 aliphatic rings. The summed E-state index contributed by atoms with van der Waals surface area (Å²) in [6, 6.07) is 5.46. The van der Waals surface area contributed by atoms with Gasteiger partial charge in [0.05, 0.1) is 5.69 Å². The van der Waals surface area contributed by atoms with Crippen molar-refractivity contribution >= 4 is 15.7 Å². The number of nitrogens with two attached hydrogens (primary N) is 1. The lowest BCUT2D eigenvalue weighted by molar-refractivity contribution is 0.571. The molecule has 0 bridgehead atoms. The Labute approximate surface area is 104 Å². The average molecular weight is 269 g/mol. The minimum Gasteiger partial charge on any atom is -0.384 e. The molecule has 0 saturated carbocycles. The summed E-state index contributed by atoms with van der Waals surface area (Å²) in [5.74, 6) is -0.350. The number of hydrogen-bond acceptors (Lipinski definition) is 4. The van der Waals surface area contributed by atoms with E-state index in [0.717, 1.165) is 12.3 Å². The molecular weight excluding hydrogens is 257 g/mol. The fraction of sp³-hybridized carbons (Fsp3) is 0.182. The lowest BCUT2D eigenvalue weighted by Crippen LogP contribution is -2.00. The Balaban J connectivity index is 2.53. The van der Waals surface area contributed by atoms with E-state index in [1.165, 1.54) is 16.8 Å². The van der Waals surface area contributed by atoms with Crippen LogP contribution >= 0.6 is 0 Å². The van der Waals surface area contributed by atoms with E-state index in [0.29, 0.717) is 17.1 Å². The largest absolute Gasteiger partial charge is 0.384 e. The molecule has 1 aromatic carbocycles. The lowest BCUT2D eigenvalue weighted by atomic mass is 10.1. The summed E-state index contributed by atoms with van der Waals surface area (Å²) in [6.45, 7) is 0. The predicted molar refractivity (Wildman–Crippen MR) is 66.1 cm³/mol. The zero-order valence-corrected chi connectivity index (χ0v) is 10.7.